The smallest absolute Gasteiger partial charge is 0.354 e. The van der Waals surface area contributed by atoms with Crippen molar-refractivity contribution < 1.29 is 34.4 Å². The highest BCUT2D eigenvalue weighted by Gasteiger charge is 2.47. The number of carbonyl (C=O) groups is 2. The minimum Gasteiger partial charge on any atom is -0.502 e. The maximum atomic E-state index is 12.2. The van der Waals surface area contributed by atoms with E-state index in [1.165, 1.54) is 30.3 Å². The molecule has 11 heteroatoms. The number of carboxylic acids is 1. The van der Waals surface area contributed by atoms with Crippen LogP contribution in [0.3, 0.4) is 0 Å². The summed E-state index contributed by atoms with van der Waals surface area (Å²) in [6.45, 7) is 0. The van der Waals surface area contributed by atoms with Gasteiger partial charge in [-0.2, -0.15) is 0 Å². The lowest BCUT2D eigenvalue weighted by molar-refractivity contribution is -0.421. The van der Waals surface area contributed by atoms with Gasteiger partial charge in [-0.15, -0.1) is 0 Å². The summed E-state index contributed by atoms with van der Waals surface area (Å²) < 4.78 is 5.52. The summed E-state index contributed by atoms with van der Waals surface area (Å²) in [6, 6.07) is 8.26. The second kappa shape index (κ2) is 7.06. The van der Waals surface area contributed by atoms with Crippen LogP contribution in [0.25, 0.3) is 0 Å². The molecular weight excluding hydrogens is 412 g/mol. The Hall–Kier alpha value is -4.54. The van der Waals surface area contributed by atoms with Crippen LogP contribution in [0, 0.1) is 26.1 Å². The number of carboxylic acid groups (broad SMARTS) is 1. The van der Waals surface area contributed by atoms with Crippen molar-refractivity contribution >= 4 is 17.4 Å². The molecule has 2 N–H and O–H groups in total. The van der Waals surface area contributed by atoms with E-state index in [9.17, 15) is 40.0 Å². The third-order valence-corrected chi connectivity index (χ3v) is 5.16. The van der Waals surface area contributed by atoms with Crippen molar-refractivity contribution in [1.29, 1.82) is 0 Å². The van der Waals surface area contributed by atoms with Crippen LogP contribution in [0.4, 0.5) is 5.69 Å². The van der Waals surface area contributed by atoms with E-state index in [4.69, 9.17) is 4.74 Å². The SMILES string of the molecule is O=C1C=CC2C(=C1[N+](=O)[O-])Oc1c(ccc(O)c1[N+](=O)[O-])C2c1ccccc1C(=O)O. The van der Waals surface area contributed by atoms with Crippen LogP contribution in [-0.4, -0.2) is 31.8 Å². The van der Waals surface area contributed by atoms with Gasteiger partial charge < -0.3 is 14.9 Å². The number of nitro benzene ring substituents is 1. The molecule has 2 aliphatic rings. The minimum absolute atomic E-state index is 0.122. The molecule has 2 atom stereocenters. The van der Waals surface area contributed by atoms with Crippen molar-refractivity contribution in [1.82, 2.24) is 0 Å². The van der Waals surface area contributed by atoms with E-state index in [2.05, 4.69) is 0 Å². The molecule has 0 saturated carbocycles. The number of ketones is 1. The van der Waals surface area contributed by atoms with E-state index >= 15 is 0 Å². The number of ether oxygens (including phenoxy) is 1. The summed E-state index contributed by atoms with van der Waals surface area (Å²) in [7, 11) is 0. The fraction of sp³-hybridized carbons (Fsp3) is 0.100. The first-order chi connectivity index (χ1) is 14.7. The predicted octanol–water partition coefficient (Wildman–Crippen LogP) is 2.77. The molecule has 2 aromatic carbocycles. The van der Waals surface area contributed by atoms with E-state index in [-0.39, 0.29) is 16.7 Å². The molecule has 4 rings (SSSR count). The van der Waals surface area contributed by atoms with Gasteiger partial charge in [0, 0.05) is 11.5 Å². The van der Waals surface area contributed by atoms with Crippen molar-refractivity contribution in [3.05, 3.63) is 96.9 Å². The highest BCUT2D eigenvalue weighted by molar-refractivity contribution is 6.03. The number of aromatic carboxylic acids is 1. The molecule has 156 valence electrons. The number of hydrogen-bond donors (Lipinski definition) is 2. The topological polar surface area (TPSA) is 170 Å². The van der Waals surface area contributed by atoms with Gasteiger partial charge in [-0.05, 0) is 23.8 Å². The van der Waals surface area contributed by atoms with Crippen LogP contribution >= 0.6 is 0 Å². The Labute approximate surface area is 172 Å². The van der Waals surface area contributed by atoms with Crippen molar-refractivity contribution in [2.24, 2.45) is 5.92 Å². The number of phenols is 1. The van der Waals surface area contributed by atoms with Crippen LogP contribution < -0.4 is 4.74 Å². The van der Waals surface area contributed by atoms with Crippen LogP contribution in [-0.2, 0) is 4.79 Å². The zero-order valence-electron chi connectivity index (χ0n) is 15.4. The van der Waals surface area contributed by atoms with E-state index in [0.717, 1.165) is 12.1 Å². The maximum Gasteiger partial charge on any atom is 0.354 e. The van der Waals surface area contributed by atoms with Crippen molar-refractivity contribution in [2.75, 3.05) is 0 Å². The number of allylic oxidation sites excluding steroid dienone is 2. The van der Waals surface area contributed by atoms with Gasteiger partial charge in [0.25, 0.3) is 5.78 Å². The molecule has 0 spiro atoms. The van der Waals surface area contributed by atoms with E-state index in [1.54, 1.807) is 6.07 Å². The Morgan fingerprint density at radius 1 is 1.03 bits per heavy atom. The lowest BCUT2D eigenvalue weighted by atomic mass is 9.74. The second-order valence-corrected chi connectivity index (χ2v) is 6.80. The molecular formula is C20H12N2O9. The number of nitrogens with zero attached hydrogens (tertiary/aromatic N) is 2. The van der Waals surface area contributed by atoms with E-state index in [0.29, 0.717) is 0 Å². The van der Waals surface area contributed by atoms with Crippen LogP contribution in [0.1, 0.15) is 27.4 Å². The average Bonchev–Trinajstić information content (AvgIpc) is 2.71. The quantitative estimate of drug-likeness (QED) is 0.553. The number of phenolic OH excluding ortho intramolecular Hbond substituents is 1. The predicted molar refractivity (Wildman–Crippen MR) is 102 cm³/mol. The van der Waals surface area contributed by atoms with Gasteiger partial charge in [-0.3, -0.25) is 25.0 Å². The molecule has 0 bridgehead atoms. The first kappa shape index (κ1) is 19.8. The lowest BCUT2D eigenvalue weighted by Crippen LogP contribution is -2.32. The summed E-state index contributed by atoms with van der Waals surface area (Å²) in [6.07, 6.45) is 2.33. The van der Waals surface area contributed by atoms with Crippen LogP contribution in [0.15, 0.2) is 60.0 Å². The van der Waals surface area contributed by atoms with Gasteiger partial charge in [-0.1, -0.05) is 30.3 Å². The van der Waals surface area contributed by atoms with E-state index in [1.807, 2.05) is 0 Å². The summed E-state index contributed by atoms with van der Waals surface area (Å²) in [5.41, 5.74) is -1.51. The summed E-state index contributed by atoms with van der Waals surface area (Å²) >= 11 is 0. The fourth-order valence-corrected chi connectivity index (χ4v) is 3.93. The normalized spacial score (nSPS) is 19.3. The number of carbonyl (C=O) groups excluding carboxylic acids is 1. The molecule has 1 heterocycles. The first-order valence-electron chi connectivity index (χ1n) is 8.83. The molecule has 0 saturated heterocycles. The van der Waals surface area contributed by atoms with Crippen molar-refractivity contribution in [3.63, 3.8) is 0 Å². The number of benzene rings is 2. The lowest BCUT2D eigenvalue weighted by Gasteiger charge is -2.34. The summed E-state index contributed by atoms with van der Waals surface area (Å²) in [4.78, 5) is 45.3. The molecule has 11 nitrogen and oxygen atoms in total. The molecule has 0 aromatic heterocycles. The molecule has 0 radical (unpaired) electrons. The van der Waals surface area contributed by atoms with Crippen molar-refractivity contribution in [2.45, 2.75) is 5.92 Å². The Balaban J connectivity index is 2.10. The third kappa shape index (κ3) is 2.99. The monoisotopic (exact) mass is 424 g/mol. The Kier molecular flexibility index (Phi) is 4.50. The molecule has 2 unspecified atom stereocenters. The van der Waals surface area contributed by atoms with Gasteiger partial charge in [0.2, 0.25) is 5.75 Å². The van der Waals surface area contributed by atoms with Crippen LogP contribution in [0.5, 0.6) is 11.5 Å². The van der Waals surface area contributed by atoms with Gasteiger partial charge in [0.05, 0.1) is 21.3 Å². The molecule has 0 fully saturated rings. The number of fused-ring (bicyclic) bond motifs is 2. The fourth-order valence-electron chi connectivity index (χ4n) is 3.93. The highest BCUT2D eigenvalue weighted by atomic mass is 16.6. The Morgan fingerprint density at radius 2 is 1.74 bits per heavy atom. The second-order valence-electron chi connectivity index (χ2n) is 6.80. The molecule has 31 heavy (non-hydrogen) atoms. The van der Waals surface area contributed by atoms with Gasteiger partial charge >= 0.3 is 17.4 Å². The number of hydrogen-bond acceptors (Lipinski definition) is 8. The summed E-state index contributed by atoms with van der Waals surface area (Å²) in [5, 5.41) is 42.8. The number of nitro groups is 2. The zero-order chi connectivity index (χ0) is 22.4. The zero-order valence-corrected chi connectivity index (χ0v) is 15.4. The van der Waals surface area contributed by atoms with E-state index < -0.39 is 62.1 Å². The maximum absolute atomic E-state index is 12.2. The molecule has 1 aliphatic heterocycles. The van der Waals surface area contributed by atoms with Gasteiger partial charge in [0.15, 0.2) is 11.5 Å². The third-order valence-electron chi connectivity index (χ3n) is 5.16. The standard InChI is InChI=1S/C20H12N2O9/c23-13-7-5-11-15(9-3-1-2-4-10(9)20(25)26)12-6-8-14(24)17(22(29)30)19(12)31-18(11)16(13)21(27)28/h1-8,11,15,24H,(H,25,26). The largest absolute Gasteiger partial charge is 0.502 e. The molecule has 0 amide bonds. The Morgan fingerprint density at radius 3 is 2.39 bits per heavy atom. The van der Waals surface area contributed by atoms with Crippen molar-refractivity contribution in [3.8, 4) is 11.5 Å². The molecule has 2 aromatic rings. The minimum atomic E-state index is -1.27. The first-order valence-corrected chi connectivity index (χ1v) is 8.83. The van der Waals surface area contributed by atoms with Gasteiger partial charge in [-0.25, -0.2) is 4.79 Å². The highest BCUT2D eigenvalue weighted by Crippen LogP contribution is 2.53. The number of rotatable bonds is 4. The Bertz CT molecular complexity index is 1250. The summed E-state index contributed by atoms with van der Waals surface area (Å²) in [5.74, 6) is -5.86. The van der Waals surface area contributed by atoms with Crippen LogP contribution in [0.2, 0.25) is 0 Å². The van der Waals surface area contributed by atoms with Gasteiger partial charge in [0.1, 0.15) is 0 Å². The number of aromatic hydroxyl groups is 1. The average molecular weight is 424 g/mol. The molecule has 1 aliphatic carbocycles.